The molecule has 0 aliphatic heterocycles. The summed E-state index contributed by atoms with van der Waals surface area (Å²) in [7, 11) is -3.33. The van der Waals surface area contributed by atoms with Crippen molar-refractivity contribution in [1.82, 2.24) is 0 Å². The molecule has 1 amide bonds. The molecule has 0 aromatic heterocycles. The SMILES string of the molecule is C[C@@H](N)C(=O)Nc1cccc(NS(C)(=O)=O)c1.Cl. The highest BCUT2D eigenvalue weighted by Crippen LogP contribution is 2.16. The highest BCUT2D eigenvalue weighted by molar-refractivity contribution is 7.92. The molecule has 0 spiro atoms. The molecule has 0 aliphatic rings. The lowest BCUT2D eigenvalue weighted by Gasteiger charge is -2.09. The Balaban J connectivity index is 0.00000289. The largest absolute Gasteiger partial charge is 0.325 e. The van der Waals surface area contributed by atoms with Gasteiger partial charge in [0, 0.05) is 5.69 Å². The van der Waals surface area contributed by atoms with E-state index in [1.54, 1.807) is 25.1 Å². The maximum Gasteiger partial charge on any atom is 0.240 e. The third kappa shape index (κ3) is 5.85. The number of halogens is 1. The molecular formula is C10H16ClN3O3S. The number of amides is 1. The minimum absolute atomic E-state index is 0. The van der Waals surface area contributed by atoms with Gasteiger partial charge in [-0.15, -0.1) is 12.4 Å². The minimum Gasteiger partial charge on any atom is -0.325 e. The van der Waals surface area contributed by atoms with Gasteiger partial charge in [-0.1, -0.05) is 6.07 Å². The van der Waals surface area contributed by atoms with E-state index in [9.17, 15) is 13.2 Å². The van der Waals surface area contributed by atoms with Crippen molar-refractivity contribution in [3.63, 3.8) is 0 Å². The summed E-state index contributed by atoms with van der Waals surface area (Å²) in [5.41, 5.74) is 6.27. The summed E-state index contributed by atoms with van der Waals surface area (Å²) in [6.45, 7) is 1.56. The molecular weight excluding hydrogens is 278 g/mol. The molecule has 0 radical (unpaired) electrons. The molecule has 0 saturated carbocycles. The van der Waals surface area contributed by atoms with Gasteiger partial charge in [0.15, 0.2) is 0 Å². The number of rotatable bonds is 4. The number of hydrogen-bond donors (Lipinski definition) is 3. The molecule has 0 unspecified atom stereocenters. The predicted molar refractivity (Wildman–Crippen MR) is 74.4 cm³/mol. The van der Waals surface area contributed by atoms with E-state index in [-0.39, 0.29) is 18.3 Å². The first-order valence-electron chi connectivity index (χ1n) is 4.92. The van der Waals surface area contributed by atoms with Crippen LogP contribution in [0.2, 0.25) is 0 Å². The fourth-order valence-corrected chi connectivity index (χ4v) is 1.69. The molecule has 0 saturated heterocycles. The Labute approximate surface area is 112 Å². The lowest BCUT2D eigenvalue weighted by molar-refractivity contribution is -0.117. The molecule has 0 fully saturated rings. The molecule has 1 rings (SSSR count). The first-order valence-corrected chi connectivity index (χ1v) is 6.81. The molecule has 0 bridgehead atoms. The quantitative estimate of drug-likeness (QED) is 0.763. The van der Waals surface area contributed by atoms with Gasteiger partial charge in [0.25, 0.3) is 0 Å². The van der Waals surface area contributed by atoms with Gasteiger partial charge in [-0.25, -0.2) is 8.42 Å². The Morgan fingerprint density at radius 3 is 2.39 bits per heavy atom. The van der Waals surface area contributed by atoms with Crippen molar-refractivity contribution in [2.75, 3.05) is 16.3 Å². The molecule has 1 aromatic carbocycles. The van der Waals surface area contributed by atoms with Crippen molar-refractivity contribution in [3.8, 4) is 0 Å². The smallest absolute Gasteiger partial charge is 0.240 e. The third-order valence-corrected chi connectivity index (χ3v) is 2.45. The van der Waals surface area contributed by atoms with Crippen molar-refractivity contribution in [2.45, 2.75) is 13.0 Å². The van der Waals surface area contributed by atoms with Gasteiger partial charge in [-0.2, -0.15) is 0 Å². The van der Waals surface area contributed by atoms with E-state index in [0.29, 0.717) is 11.4 Å². The van der Waals surface area contributed by atoms with Crippen molar-refractivity contribution in [2.24, 2.45) is 5.73 Å². The number of sulfonamides is 1. The molecule has 1 aromatic rings. The number of nitrogens with one attached hydrogen (secondary N) is 2. The van der Waals surface area contributed by atoms with Crippen molar-refractivity contribution >= 4 is 39.7 Å². The van der Waals surface area contributed by atoms with E-state index >= 15 is 0 Å². The van der Waals surface area contributed by atoms with Crippen LogP contribution in [0.1, 0.15) is 6.92 Å². The summed E-state index contributed by atoms with van der Waals surface area (Å²) in [5.74, 6) is -0.332. The highest BCUT2D eigenvalue weighted by atomic mass is 35.5. The van der Waals surface area contributed by atoms with Crippen molar-refractivity contribution in [3.05, 3.63) is 24.3 Å². The van der Waals surface area contributed by atoms with E-state index in [1.165, 1.54) is 6.07 Å². The van der Waals surface area contributed by atoms with Crippen LogP contribution in [0.4, 0.5) is 11.4 Å². The fourth-order valence-electron chi connectivity index (χ4n) is 1.13. The fraction of sp³-hybridized carbons (Fsp3) is 0.300. The predicted octanol–water partition coefficient (Wildman–Crippen LogP) is 0.766. The van der Waals surface area contributed by atoms with Crippen LogP contribution in [-0.4, -0.2) is 26.6 Å². The average molecular weight is 294 g/mol. The van der Waals surface area contributed by atoms with Crippen LogP contribution in [0, 0.1) is 0 Å². The average Bonchev–Trinajstić information content (AvgIpc) is 2.15. The second-order valence-corrected chi connectivity index (χ2v) is 5.48. The second-order valence-electron chi connectivity index (χ2n) is 3.73. The number of benzene rings is 1. The molecule has 8 heteroatoms. The Morgan fingerprint density at radius 1 is 1.33 bits per heavy atom. The number of anilines is 2. The van der Waals surface area contributed by atoms with E-state index in [0.717, 1.165) is 6.26 Å². The zero-order valence-electron chi connectivity index (χ0n) is 10.0. The molecule has 0 heterocycles. The van der Waals surface area contributed by atoms with E-state index in [4.69, 9.17) is 5.73 Å². The molecule has 18 heavy (non-hydrogen) atoms. The second kappa shape index (κ2) is 6.58. The van der Waals surface area contributed by atoms with Gasteiger partial charge in [-0.3, -0.25) is 9.52 Å². The number of hydrogen-bond acceptors (Lipinski definition) is 4. The third-order valence-electron chi connectivity index (χ3n) is 1.85. The molecule has 4 N–H and O–H groups in total. The zero-order chi connectivity index (χ0) is 13.1. The number of nitrogens with two attached hydrogens (primary N) is 1. The lowest BCUT2D eigenvalue weighted by atomic mass is 10.2. The van der Waals surface area contributed by atoms with E-state index in [1.807, 2.05) is 0 Å². The van der Waals surface area contributed by atoms with Crippen molar-refractivity contribution < 1.29 is 13.2 Å². The summed E-state index contributed by atoms with van der Waals surface area (Å²) in [6, 6.07) is 5.75. The van der Waals surface area contributed by atoms with Gasteiger partial charge in [0.05, 0.1) is 18.0 Å². The number of carbonyl (C=O) groups excluding carboxylic acids is 1. The molecule has 1 atom stereocenters. The van der Waals surface area contributed by atoms with Crippen molar-refractivity contribution in [1.29, 1.82) is 0 Å². The highest BCUT2D eigenvalue weighted by Gasteiger charge is 2.08. The minimum atomic E-state index is -3.33. The maximum atomic E-state index is 11.3. The maximum absolute atomic E-state index is 11.3. The van der Waals surface area contributed by atoms with Crippen LogP contribution in [-0.2, 0) is 14.8 Å². The van der Waals surface area contributed by atoms with Crippen LogP contribution < -0.4 is 15.8 Å². The normalized spacial score (nSPS) is 12.2. The Hall–Kier alpha value is -1.31. The van der Waals surface area contributed by atoms with E-state index < -0.39 is 16.1 Å². The van der Waals surface area contributed by atoms with Crippen LogP contribution in [0.25, 0.3) is 0 Å². The van der Waals surface area contributed by atoms with Gasteiger partial charge in [0.1, 0.15) is 0 Å². The molecule has 6 nitrogen and oxygen atoms in total. The monoisotopic (exact) mass is 293 g/mol. The summed E-state index contributed by atoms with van der Waals surface area (Å²) < 4.78 is 24.4. The van der Waals surface area contributed by atoms with Gasteiger partial charge < -0.3 is 11.1 Å². The summed E-state index contributed by atoms with van der Waals surface area (Å²) in [5, 5.41) is 2.57. The lowest BCUT2D eigenvalue weighted by Crippen LogP contribution is -2.32. The van der Waals surface area contributed by atoms with Crippen LogP contribution in [0.15, 0.2) is 24.3 Å². The van der Waals surface area contributed by atoms with Gasteiger partial charge >= 0.3 is 0 Å². The zero-order valence-corrected chi connectivity index (χ0v) is 11.6. The van der Waals surface area contributed by atoms with Crippen LogP contribution in [0.5, 0.6) is 0 Å². The van der Waals surface area contributed by atoms with E-state index in [2.05, 4.69) is 10.0 Å². The Bertz CT molecular complexity index is 517. The van der Waals surface area contributed by atoms with Gasteiger partial charge in [-0.05, 0) is 25.1 Å². The Kier molecular flexibility index (Phi) is 6.10. The van der Waals surface area contributed by atoms with Gasteiger partial charge in [0.2, 0.25) is 15.9 Å². The standard InChI is InChI=1S/C10H15N3O3S.ClH/c1-7(11)10(14)12-8-4-3-5-9(6-8)13-17(2,15)16;/h3-7,13H,11H2,1-2H3,(H,12,14);1H/t7-;/m1./s1. The number of carbonyl (C=O) groups is 1. The molecule has 102 valence electrons. The summed E-state index contributed by atoms with van der Waals surface area (Å²) >= 11 is 0. The summed E-state index contributed by atoms with van der Waals surface area (Å²) in [4.78, 5) is 11.3. The topological polar surface area (TPSA) is 101 Å². The Morgan fingerprint density at radius 2 is 1.89 bits per heavy atom. The first-order chi connectivity index (χ1) is 7.78. The van der Waals surface area contributed by atoms with Crippen LogP contribution >= 0.6 is 12.4 Å². The molecule has 0 aliphatic carbocycles. The first kappa shape index (κ1) is 16.7. The summed E-state index contributed by atoms with van der Waals surface area (Å²) in [6.07, 6.45) is 1.06. The van der Waals surface area contributed by atoms with Crippen LogP contribution in [0.3, 0.4) is 0 Å².